The van der Waals surface area contributed by atoms with Gasteiger partial charge in [-0.25, -0.2) is 4.79 Å². The molecule has 0 aliphatic carbocycles. The summed E-state index contributed by atoms with van der Waals surface area (Å²) >= 11 is 0. The summed E-state index contributed by atoms with van der Waals surface area (Å²) in [6.07, 6.45) is -1.65. The van der Waals surface area contributed by atoms with Crippen LogP contribution in [0.5, 0.6) is 0 Å². The van der Waals surface area contributed by atoms with E-state index in [1.165, 1.54) is 0 Å². The Morgan fingerprint density at radius 3 is 2.24 bits per heavy atom. The second kappa shape index (κ2) is 8.22. The predicted molar refractivity (Wildman–Crippen MR) is 102 cm³/mol. The molecule has 0 radical (unpaired) electrons. The van der Waals surface area contributed by atoms with Crippen LogP contribution in [0.15, 0.2) is 60.7 Å². The summed E-state index contributed by atoms with van der Waals surface area (Å²) < 4.78 is 22.6. The molecule has 0 spiro atoms. The van der Waals surface area contributed by atoms with Gasteiger partial charge in [0.05, 0.1) is 26.4 Å². The fourth-order valence-corrected chi connectivity index (χ4v) is 3.91. The molecule has 2 N–H and O–H groups in total. The Bertz CT molecular complexity index is 828. The smallest absolute Gasteiger partial charge is 0.344 e. The van der Waals surface area contributed by atoms with Gasteiger partial charge in [-0.1, -0.05) is 60.7 Å². The van der Waals surface area contributed by atoms with E-state index in [1.54, 1.807) is 0 Å². The van der Waals surface area contributed by atoms with E-state index in [-0.39, 0.29) is 19.8 Å². The predicted octanol–water partition coefficient (Wildman–Crippen LogP) is 1.21. The zero-order valence-electron chi connectivity index (χ0n) is 15.9. The first-order valence-corrected chi connectivity index (χ1v) is 9.54. The average Bonchev–Trinajstić information content (AvgIpc) is 3.15. The molecule has 7 heteroatoms. The minimum atomic E-state index is -1.87. The first-order chi connectivity index (χ1) is 14.1. The van der Waals surface area contributed by atoms with Crippen LogP contribution in [0.2, 0.25) is 0 Å². The molecule has 154 valence electrons. The topological polar surface area (TPSA) is 94.5 Å². The molecule has 29 heavy (non-hydrogen) atoms. The molecule has 0 bridgehead atoms. The summed E-state index contributed by atoms with van der Waals surface area (Å²) in [5, 5.41) is 21.2. The fraction of sp³-hybridized carbons (Fsp3) is 0.409. The van der Waals surface area contributed by atoms with Crippen LogP contribution >= 0.6 is 0 Å². The van der Waals surface area contributed by atoms with Crippen LogP contribution in [0, 0.1) is 0 Å². The minimum absolute atomic E-state index is 0.0890. The minimum Gasteiger partial charge on any atom is -0.460 e. The average molecular weight is 400 g/mol. The van der Waals surface area contributed by atoms with Crippen LogP contribution in [0.25, 0.3) is 0 Å². The van der Waals surface area contributed by atoms with Crippen molar-refractivity contribution in [2.45, 2.75) is 36.6 Å². The molecule has 0 amide bonds. The number of carbonyl (C=O) groups excluding carboxylic acids is 1. The highest BCUT2D eigenvalue weighted by Crippen LogP contribution is 2.47. The maximum atomic E-state index is 12.3. The van der Waals surface area contributed by atoms with Crippen LogP contribution in [-0.2, 0) is 37.0 Å². The molecule has 4 atom stereocenters. The van der Waals surface area contributed by atoms with Gasteiger partial charge < -0.3 is 29.2 Å². The van der Waals surface area contributed by atoms with E-state index in [2.05, 4.69) is 0 Å². The van der Waals surface area contributed by atoms with E-state index in [0.29, 0.717) is 6.61 Å². The molecule has 2 aromatic carbocycles. The Kier molecular flexibility index (Phi) is 5.67. The third-order valence-corrected chi connectivity index (χ3v) is 5.50. The number of esters is 1. The van der Waals surface area contributed by atoms with E-state index >= 15 is 0 Å². The number of aliphatic hydroxyl groups is 2. The Morgan fingerprint density at radius 1 is 1.00 bits per heavy atom. The van der Waals surface area contributed by atoms with Gasteiger partial charge in [-0.3, -0.25) is 0 Å². The fourth-order valence-electron chi connectivity index (χ4n) is 3.91. The van der Waals surface area contributed by atoms with Gasteiger partial charge in [0.15, 0.2) is 5.60 Å². The number of hydrogen-bond acceptors (Lipinski definition) is 7. The van der Waals surface area contributed by atoms with Gasteiger partial charge >= 0.3 is 5.97 Å². The number of benzene rings is 2. The highest BCUT2D eigenvalue weighted by molar-refractivity contribution is 5.85. The molecule has 2 aliphatic heterocycles. The van der Waals surface area contributed by atoms with Gasteiger partial charge in [0.25, 0.3) is 0 Å². The Labute approximate surface area is 168 Å². The van der Waals surface area contributed by atoms with Gasteiger partial charge in [0.1, 0.15) is 18.8 Å². The van der Waals surface area contributed by atoms with Gasteiger partial charge in [-0.15, -0.1) is 0 Å². The van der Waals surface area contributed by atoms with Crippen molar-refractivity contribution in [3.05, 3.63) is 71.8 Å². The maximum Gasteiger partial charge on any atom is 0.344 e. The second-order valence-electron chi connectivity index (χ2n) is 7.36. The lowest BCUT2D eigenvalue weighted by molar-refractivity contribution is -0.174. The number of ether oxygens (including phenoxy) is 4. The number of hydrogen-bond donors (Lipinski definition) is 2. The summed E-state index contributed by atoms with van der Waals surface area (Å²) in [6, 6.07) is 19.1. The Balaban J connectivity index is 1.50. The molecule has 0 unspecified atom stereocenters. The number of fused-ring (bicyclic) bond motifs is 1. The van der Waals surface area contributed by atoms with Crippen molar-refractivity contribution >= 4 is 5.97 Å². The number of carbonyl (C=O) groups is 1. The van der Waals surface area contributed by atoms with Crippen molar-refractivity contribution in [2.75, 3.05) is 19.8 Å². The third kappa shape index (κ3) is 3.56. The highest BCUT2D eigenvalue weighted by atomic mass is 16.7. The summed E-state index contributed by atoms with van der Waals surface area (Å²) in [5.41, 5.74) is -1.77. The molecule has 2 heterocycles. The molecule has 2 aromatic rings. The standard InChI is InChI=1S/C22H24O7/c23-14-22-20(24)28-15-21(22,25)19(27-12-17-9-5-2-6-10-17)18(29-22)13-26-11-16-7-3-1-4-8-16/h1-10,18-19,23,25H,11-15H2/t18-,19-,21+,22-/m1/s1. The molecule has 0 saturated carbocycles. The van der Waals surface area contributed by atoms with Gasteiger partial charge in [-0.05, 0) is 11.1 Å². The number of aliphatic hydroxyl groups excluding tert-OH is 1. The quantitative estimate of drug-likeness (QED) is 0.643. The maximum absolute atomic E-state index is 12.3. The van der Waals surface area contributed by atoms with E-state index in [1.807, 2.05) is 60.7 Å². The largest absolute Gasteiger partial charge is 0.460 e. The molecular formula is C22H24O7. The lowest BCUT2D eigenvalue weighted by Gasteiger charge is -2.31. The molecule has 2 saturated heterocycles. The van der Waals surface area contributed by atoms with Crippen molar-refractivity contribution in [1.82, 2.24) is 0 Å². The second-order valence-corrected chi connectivity index (χ2v) is 7.36. The zero-order valence-corrected chi connectivity index (χ0v) is 15.9. The van der Waals surface area contributed by atoms with Crippen LogP contribution in [-0.4, -0.2) is 59.4 Å². The van der Waals surface area contributed by atoms with Gasteiger partial charge in [0.2, 0.25) is 5.60 Å². The van der Waals surface area contributed by atoms with Gasteiger partial charge in [-0.2, -0.15) is 0 Å². The number of rotatable bonds is 8. The zero-order chi connectivity index (χ0) is 20.3. The van der Waals surface area contributed by atoms with Crippen molar-refractivity contribution in [3.8, 4) is 0 Å². The first-order valence-electron chi connectivity index (χ1n) is 9.54. The lowest BCUT2D eigenvalue weighted by atomic mass is 9.83. The monoisotopic (exact) mass is 400 g/mol. The van der Waals surface area contributed by atoms with Crippen molar-refractivity contribution in [1.29, 1.82) is 0 Å². The van der Waals surface area contributed by atoms with Crippen molar-refractivity contribution < 1.29 is 34.0 Å². The van der Waals surface area contributed by atoms with E-state index in [4.69, 9.17) is 18.9 Å². The molecule has 0 aromatic heterocycles. The molecule has 4 rings (SSSR count). The molecule has 2 fully saturated rings. The molecule has 2 aliphatic rings. The normalized spacial score (nSPS) is 30.9. The molecular weight excluding hydrogens is 376 g/mol. The molecule has 7 nitrogen and oxygen atoms in total. The summed E-state index contributed by atoms with van der Waals surface area (Å²) in [7, 11) is 0. The first kappa shape index (κ1) is 20.0. The number of cyclic esters (lactones) is 1. The van der Waals surface area contributed by atoms with Crippen LogP contribution in [0.1, 0.15) is 11.1 Å². The summed E-state index contributed by atoms with van der Waals surface area (Å²) in [4.78, 5) is 12.3. The van der Waals surface area contributed by atoms with E-state index < -0.39 is 36.0 Å². The Hall–Kier alpha value is -2.29. The van der Waals surface area contributed by atoms with Crippen molar-refractivity contribution in [3.63, 3.8) is 0 Å². The van der Waals surface area contributed by atoms with Crippen LogP contribution in [0.3, 0.4) is 0 Å². The van der Waals surface area contributed by atoms with Gasteiger partial charge in [0, 0.05) is 0 Å². The van der Waals surface area contributed by atoms with Crippen LogP contribution in [0.4, 0.5) is 0 Å². The van der Waals surface area contributed by atoms with Crippen molar-refractivity contribution in [2.24, 2.45) is 0 Å². The summed E-state index contributed by atoms with van der Waals surface area (Å²) in [6.45, 7) is -0.362. The van der Waals surface area contributed by atoms with Crippen LogP contribution < -0.4 is 0 Å². The Morgan fingerprint density at radius 2 is 1.62 bits per heavy atom. The third-order valence-electron chi connectivity index (χ3n) is 5.50. The summed E-state index contributed by atoms with van der Waals surface area (Å²) in [5.74, 6) is -0.790. The highest BCUT2D eigenvalue weighted by Gasteiger charge is 2.74. The van der Waals surface area contributed by atoms with E-state index in [0.717, 1.165) is 11.1 Å². The SMILES string of the molecule is O=C1OC[C@]2(O)[C@H](OCc3ccccc3)[C@@H](COCc3ccccc3)O[C@]12CO. The van der Waals surface area contributed by atoms with E-state index in [9.17, 15) is 15.0 Å². The lowest BCUT2D eigenvalue weighted by Crippen LogP contribution is -2.59.